The van der Waals surface area contributed by atoms with Crippen molar-refractivity contribution in [3.63, 3.8) is 0 Å². The fourth-order valence-corrected chi connectivity index (χ4v) is 2.24. The molecule has 0 saturated heterocycles. The van der Waals surface area contributed by atoms with E-state index in [9.17, 15) is 0 Å². The third kappa shape index (κ3) is 3.12. The van der Waals surface area contributed by atoms with E-state index >= 15 is 0 Å². The minimum Gasteiger partial charge on any atom is -0.439 e. The maximum Gasteiger partial charge on any atom is 0.219 e. The molecule has 0 aliphatic carbocycles. The van der Waals surface area contributed by atoms with Crippen LogP contribution in [0, 0.1) is 0 Å². The van der Waals surface area contributed by atoms with E-state index in [-0.39, 0.29) is 0 Å². The molecule has 1 N–H and O–H groups in total. The summed E-state index contributed by atoms with van der Waals surface area (Å²) in [6.45, 7) is 0.664. The van der Waals surface area contributed by atoms with Crippen molar-refractivity contribution in [2.24, 2.45) is 0 Å². The van der Waals surface area contributed by atoms with Crippen molar-refractivity contribution in [2.75, 3.05) is 7.05 Å². The lowest BCUT2D eigenvalue weighted by molar-refractivity contribution is 0.462. The Hall–Kier alpha value is -2.17. The van der Waals surface area contributed by atoms with Crippen LogP contribution in [0.3, 0.4) is 0 Å². The van der Waals surface area contributed by atoms with Crippen molar-refractivity contribution < 1.29 is 4.74 Å². The number of rotatable bonds is 4. The Bertz CT molecular complexity index is 776. The Morgan fingerprint density at radius 3 is 2.95 bits per heavy atom. The molecule has 3 aromatic rings. The summed E-state index contributed by atoms with van der Waals surface area (Å²) in [5.41, 5.74) is 1.84. The number of ether oxygens (including phenoxy) is 1. The second-order valence-electron chi connectivity index (χ2n) is 4.60. The lowest BCUT2D eigenvalue weighted by Crippen LogP contribution is -2.06. The topological polar surface area (TPSA) is 47.0 Å². The van der Waals surface area contributed by atoms with Gasteiger partial charge in [0.2, 0.25) is 5.88 Å². The molecule has 0 aliphatic rings. The smallest absolute Gasteiger partial charge is 0.219 e. The summed E-state index contributed by atoms with van der Waals surface area (Å²) in [6.07, 6.45) is 3.36. The standard InChI is InChI=1S/C16H14ClN3O/c1-18-9-12-7-16(20-10-14(12)17)21-13-5-4-11-3-2-6-19-15(11)8-13/h2-8,10,18H,9H2,1H3. The fraction of sp³-hybridized carbons (Fsp3) is 0.125. The summed E-state index contributed by atoms with van der Waals surface area (Å²) in [5, 5.41) is 4.76. The molecule has 0 bridgehead atoms. The zero-order valence-corrected chi connectivity index (χ0v) is 12.3. The Labute approximate surface area is 127 Å². The lowest BCUT2D eigenvalue weighted by Gasteiger charge is -2.08. The van der Waals surface area contributed by atoms with E-state index < -0.39 is 0 Å². The van der Waals surface area contributed by atoms with Gasteiger partial charge in [-0.1, -0.05) is 17.7 Å². The summed E-state index contributed by atoms with van der Waals surface area (Å²) in [5.74, 6) is 1.21. The first-order valence-corrected chi connectivity index (χ1v) is 6.96. The summed E-state index contributed by atoms with van der Waals surface area (Å²) >= 11 is 6.09. The molecule has 0 saturated carbocycles. The molecule has 21 heavy (non-hydrogen) atoms. The van der Waals surface area contributed by atoms with E-state index in [0.717, 1.165) is 16.5 Å². The molecule has 106 valence electrons. The van der Waals surface area contributed by atoms with Crippen LogP contribution in [0.4, 0.5) is 0 Å². The molecule has 0 fully saturated rings. The molecule has 4 nitrogen and oxygen atoms in total. The summed E-state index contributed by atoms with van der Waals surface area (Å²) < 4.78 is 5.79. The summed E-state index contributed by atoms with van der Waals surface area (Å²) in [4.78, 5) is 8.51. The Morgan fingerprint density at radius 2 is 2.10 bits per heavy atom. The molecular weight excluding hydrogens is 286 g/mol. The van der Waals surface area contributed by atoms with Gasteiger partial charge in [-0.25, -0.2) is 4.98 Å². The van der Waals surface area contributed by atoms with Crippen LogP contribution >= 0.6 is 11.6 Å². The predicted octanol–water partition coefficient (Wildman–Crippen LogP) is 3.79. The highest BCUT2D eigenvalue weighted by atomic mass is 35.5. The number of fused-ring (bicyclic) bond motifs is 1. The van der Waals surface area contributed by atoms with Gasteiger partial charge in [-0.05, 0) is 30.8 Å². The van der Waals surface area contributed by atoms with Crippen molar-refractivity contribution in [1.82, 2.24) is 15.3 Å². The highest BCUT2D eigenvalue weighted by Crippen LogP contribution is 2.26. The van der Waals surface area contributed by atoms with Gasteiger partial charge in [0.05, 0.1) is 10.5 Å². The summed E-state index contributed by atoms with van der Waals surface area (Å²) in [6, 6.07) is 11.5. The quantitative estimate of drug-likeness (QED) is 0.796. The van der Waals surface area contributed by atoms with Crippen LogP contribution in [-0.2, 0) is 6.54 Å². The number of hydrogen-bond acceptors (Lipinski definition) is 4. The van der Waals surface area contributed by atoms with E-state index in [2.05, 4.69) is 15.3 Å². The van der Waals surface area contributed by atoms with Crippen LogP contribution in [0.2, 0.25) is 5.02 Å². The highest BCUT2D eigenvalue weighted by molar-refractivity contribution is 6.31. The lowest BCUT2D eigenvalue weighted by atomic mass is 10.2. The first-order valence-electron chi connectivity index (χ1n) is 6.58. The van der Waals surface area contributed by atoms with Crippen molar-refractivity contribution in [3.8, 4) is 11.6 Å². The molecule has 0 amide bonds. The van der Waals surface area contributed by atoms with Gasteiger partial charge in [0.25, 0.3) is 0 Å². The number of halogens is 1. The predicted molar refractivity (Wildman–Crippen MR) is 83.8 cm³/mol. The molecule has 0 spiro atoms. The van der Waals surface area contributed by atoms with Gasteiger partial charge < -0.3 is 10.1 Å². The van der Waals surface area contributed by atoms with Crippen LogP contribution in [0.15, 0.2) is 48.8 Å². The van der Waals surface area contributed by atoms with Gasteiger partial charge in [-0.2, -0.15) is 0 Å². The van der Waals surface area contributed by atoms with E-state index in [4.69, 9.17) is 16.3 Å². The van der Waals surface area contributed by atoms with Crippen LogP contribution < -0.4 is 10.1 Å². The maximum absolute atomic E-state index is 6.09. The average Bonchev–Trinajstić information content (AvgIpc) is 2.51. The Kier molecular flexibility index (Phi) is 3.99. The number of hydrogen-bond donors (Lipinski definition) is 1. The van der Waals surface area contributed by atoms with E-state index in [0.29, 0.717) is 23.2 Å². The largest absolute Gasteiger partial charge is 0.439 e. The van der Waals surface area contributed by atoms with Gasteiger partial charge in [-0.15, -0.1) is 0 Å². The third-order valence-electron chi connectivity index (χ3n) is 3.08. The molecule has 0 radical (unpaired) electrons. The number of nitrogens with zero attached hydrogens (tertiary/aromatic N) is 2. The molecule has 0 aliphatic heterocycles. The number of aromatic nitrogens is 2. The monoisotopic (exact) mass is 299 g/mol. The molecule has 3 rings (SSSR count). The highest BCUT2D eigenvalue weighted by Gasteiger charge is 2.05. The van der Waals surface area contributed by atoms with Crippen LogP contribution in [0.25, 0.3) is 10.9 Å². The van der Waals surface area contributed by atoms with Gasteiger partial charge in [0.1, 0.15) is 5.75 Å². The van der Waals surface area contributed by atoms with Crippen molar-refractivity contribution in [1.29, 1.82) is 0 Å². The van der Waals surface area contributed by atoms with E-state index in [1.54, 1.807) is 12.4 Å². The Balaban J connectivity index is 1.89. The van der Waals surface area contributed by atoms with Crippen molar-refractivity contribution >= 4 is 22.5 Å². The Morgan fingerprint density at radius 1 is 1.19 bits per heavy atom. The normalized spacial score (nSPS) is 10.8. The second kappa shape index (κ2) is 6.08. The van der Waals surface area contributed by atoms with Gasteiger partial charge in [0, 0.05) is 36.5 Å². The molecular formula is C16H14ClN3O. The van der Waals surface area contributed by atoms with Gasteiger partial charge in [0.15, 0.2) is 0 Å². The first kappa shape index (κ1) is 13.8. The SMILES string of the molecule is CNCc1cc(Oc2ccc3cccnc3c2)ncc1Cl. The molecule has 0 atom stereocenters. The molecule has 2 aromatic heterocycles. The third-order valence-corrected chi connectivity index (χ3v) is 3.42. The van der Waals surface area contributed by atoms with Crippen LogP contribution in [-0.4, -0.2) is 17.0 Å². The second-order valence-corrected chi connectivity index (χ2v) is 5.01. The number of pyridine rings is 2. The van der Waals surface area contributed by atoms with E-state index in [1.807, 2.05) is 43.4 Å². The van der Waals surface area contributed by atoms with Crippen LogP contribution in [0.5, 0.6) is 11.6 Å². The van der Waals surface area contributed by atoms with Crippen molar-refractivity contribution in [3.05, 3.63) is 59.4 Å². The fourth-order valence-electron chi connectivity index (χ4n) is 2.07. The van der Waals surface area contributed by atoms with Gasteiger partial charge >= 0.3 is 0 Å². The zero-order valence-electron chi connectivity index (χ0n) is 11.5. The van der Waals surface area contributed by atoms with Crippen molar-refractivity contribution in [2.45, 2.75) is 6.54 Å². The van der Waals surface area contributed by atoms with E-state index in [1.165, 1.54) is 0 Å². The average molecular weight is 300 g/mol. The first-order chi connectivity index (χ1) is 10.3. The number of nitrogens with one attached hydrogen (secondary N) is 1. The molecule has 2 heterocycles. The van der Waals surface area contributed by atoms with Gasteiger partial charge in [-0.3, -0.25) is 4.98 Å². The minimum absolute atomic E-state index is 0.514. The minimum atomic E-state index is 0.514. The zero-order chi connectivity index (χ0) is 14.7. The molecule has 0 unspecified atom stereocenters. The molecule has 1 aromatic carbocycles. The maximum atomic E-state index is 6.09. The number of benzene rings is 1. The van der Waals surface area contributed by atoms with Crippen LogP contribution in [0.1, 0.15) is 5.56 Å². The molecule has 5 heteroatoms. The summed E-state index contributed by atoms with van der Waals surface area (Å²) in [7, 11) is 1.87.